The molecule has 1 heterocycles. The maximum absolute atomic E-state index is 13.0. The minimum absolute atomic E-state index is 0.208. The van der Waals surface area contributed by atoms with Gasteiger partial charge in [-0.3, -0.25) is 14.6 Å². The van der Waals surface area contributed by atoms with E-state index in [4.69, 9.17) is 4.74 Å². The van der Waals surface area contributed by atoms with Gasteiger partial charge in [-0.15, -0.1) is 0 Å². The molecule has 3 rings (SSSR count). The maximum Gasteiger partial charge on any atom is 0.276 e. The van der Waals surface area contributed by atoms with Gasteiger partial charge < -0.3 is 15.0 Å². The quantitative estimate of drug-likeness (QED) is 0.682. The van der Waals surface area contributed by atoms with E-state index >= 15 is 0 Å². The van der Waals surface area contributed by atoms with Crippen LogP contribution in [0.3, 0.4) is 0 Å². The van der Waals surface area contributed by atoms with Gasteiger partial charge in [0.2, 0.25) is 0 Å². The van der Waals surface area contributed by atoms with Gasteiger partial charge in [0.1, 0.15) is 11.4 Å². The van der Waals surface area contributed by atoms with Crippen LogP contribution in [0.2, 0.25) is 0 Å². The summed E-state index contributed by atoms with van der Waals surface area (Å²) in [4.78, 5) is 31.5. The molecule has 0 saturated carbocycles. The van der Waals surface area contributed by atoms with E-state index in [1.165, 1.54) is 12.3 Å². The molecule has 1 aromatic heterocycles. The fourth-order valence-corrected chi connectivity index (χ4v) is 2.99. The number of benzene rings is 2. The summed E-state index contributed by atoms with van der Waals surface area (Å²) in [6, 6.07) is 18.0. The van der Waals surface area contributed by atoms with Crippen LogP contribution in [0.5, 0.6) is 5.75 Å². The normalized spacial score (nSPS) is 10.3. The number of carbonyl (C=O) groups is 2. The number of hydrogen-bond acceptors (Lipinski definition) is 4. The molecule has 2 aromatic carbocycles. The van der Waals surface area contributed by atoms with Crippen molar-refractivity contribution >= 4 is 23.2 Å². The smallest absolute Gasteiger partial charge is 0.276 e. The number of aryl methyl sites for hydroxylation is 1. The van der Waals surface area contributed by atoms with E-state index in [0.717, 1.165) is 11.3 Å². The topological polar surface area (TPSA) is 71.5 Å². The Labute approximate surface area is 170 Å². The van der Waals surface area contributed by atoms with E-state index in [1.807, 2.05) is 56.3 Å². The Hall–Kier alpha value is -3.67. The third kappa shape index (κ3) is 4.60. The summed E-state index contributed by atoms with van der Waals surface area (Å²) in [5.74, 6) is -0.0369. The Morgan fingerprint density at radius 1 is 1.07 bits per heavy atom. The fourth-order valence-electron chi connectivity index (χ4n) is 2.99. The van der Waals surface area contributed by atoms with Gasteiger partial charge in [0.05, 0.1) is 12.8 Å². The van der Waals surface area contributed by atoms with Gasteiger partial charge in [0.15, 0.2) is 0 Å². The number of amides is 2. The summed E-state index contributed by atoms with van der Waals surface area (Å²) in [5.41, 5.74) is 2.89. The highest BCUT2D eigenvalue weighted by atomic mass is 16.5. The zero-order valence-corrected chi connectivity index (χ0v) is 16.7. The molecule has 0 aliphatic heterocycles. The molecular formula is C23H23N3O3. The summed E-state index contributed by atoms with van der Waals surface area (Å²) >= 11 is 0. The van der Waals surface area contributed by atoms with Crippen molar-refractivity contribution < 1.29 is 14.3 Å². The number of ether oxygens (including phenoxy) is 1. The third-order valence-corrected chi connectivity index (χ3v) is 4.47. The zero-order chi connectivity index (χ0) is 20.8. The summed E-state index contributed by atoms with van der Waals surface area (Å²) in [7, 11) is 1.55. The van der Waals surface area contributed by atoms with Crippen molar-refractivity contribution in [1.29, 1.82) is 0 Å². The number of methoxy groups -OCH3 is 1. The number of pyridine rings is 1. The fraction of sp³-hybridized carbons (Fsp3) is 0.174. The lowest BCUT2D eigenvalue weighted by molar-refractivity contribution is 0.0983. The van der Waals surface area contributed by atoms with Crippen molar-refractivity contribution in [3.63, 3.8) is 0 Å². The van der Waals surface area contributed by atoms with Crippen LogP contribution in [-0.2, 0) is 0 Å². The second-order valence-electron chi connectivity index (χ2n) is 6.47. The van der Waals surface area contributed by atoms with E-state index in [2.05, 4.69) is 10.3 Å². The Morgan fingerprint density at radius 3 is 2.52 bits per heavy atom. The first-order chi connectivity index (χ1) is 14.0. The molecule has 1 N–H and O–H groups in total. The molecule has 0 atom stereocenters. The number of anilines is 2. The van der Waals surface area contributed by atoms with Crippen LogP contribution in [0.1, 0.15) is 33.3 Å². The highest BCUT2D eigenvalue weighted by Crippen LogP contribution is 2.26. The molecule has 2 amide bonds. The standard InChI is InChI=1S/C23H23N3O3/c1-4-26(18-8-6-5-7-9-18)23(28)20-15-17(12-13-24-20)22(27)25-19-14-16(2)10-11-21(19)29-3/h5-15H,4H2,1-3H3,(H,25,27). The molecular weight excluding hydrogens is 366 g/mol. The first-order valence-electron chi connectivity index (χ1n) is 9.32. The lowest BCUT2D eigenvalue weighted by atomic mass is 10.1. The number of rotatable bonds is 6. The van der Waals surface area contributed by atoms with Gasteiger partial charge in [0, 0.05) is 24.0 Å². The summed E-state index contributed by atoms with van der Waals surface area (Å²) < 4.78 is 5.31. The number of hydrogen-bond donors (Lipinski definition) is 1. The molecule has 0 bridgehead atoms. The van der Waals surface area contributed by atoms with Crippen LogP contribution in [0.4, 0.5) is 11.4 Å². The van der Waals surface area contributed by atoms with Gasteiger partial charge in [-0.25, -0.2) is 0 Å². The molecule has 148 valence electrons. The number of aromatic nitrogens is 1. The van der Waals surface area contributed by atoms with Gasteiger partial charge in [-0.05, 0) is 55.8 Å². The molecule has 0 aliphatic rings. The number of nitrogens with one attached hydrogen (secondary N) is 1. The van der Waals surface area contributed by atoms with Crippen LogP contribution >= 0.6 is 0 Å². The maximum atomic E-state index is 13.0. The van der Waals surface area contributed by atoms with Crippen molar-refractivity contribution in [3.8, 4) is 5.75 Å². The molecule has 3 aromatic rings. The molecule has 0 radical (unpaired) electrons. The number of nitrogens with zero attached hydrogens (tertiary/aromatic N) is 2. The minimum Gasteiger partial charge on any atom is -0.495 e. The SMILES string of the molecule is CCN(C(=O)c1cc(C(=O)Nc2cc(C)ccc2OC)ccn1)c1ccccc1. The monoisotopic (exact) mass is 389 g/mol. The Bertz CT molecular complexity index is 1020. The molecule has 0 unspecified atom stereocenters. The van der Waals surface area contributed by atoms with Gasteiger partial charge in [0.25, 0.3) is 11.8 Å². The van der Waals surface area contributed by atoms with Crippen molar-refractivity contribution in [2.24, 2.45) is 0 Å². The van der Waals surface area contributed by atoms with E-state index in [0.29, 0.717) is 23.5 Å². The second-order valence-corrected chi connectivity index (χ2v) is 6.47. The number of para-hydroxylation sites is 1. The Balaban J connectivity index is 1.84. The molecule has 0 spiro atoms. The minimum atomic E-state index is -0.340. The molecule has 0 fully saturated rings. The van der Waals surface area contributed by atoms with Crippen LogP contribution in [0, 0.1) is 6.92 Å². The average molecular weight is 389 g/mol. The predicted octanol–water partition coefficient (Wildman–Crippen LogP) is 4.32. The van der Waals surface area contributed by atoms with Crippen molar-refractivity contribution in [2.75, 3.05) is 23.9 Å². The van der Waals surface area contributed by atoms with Crippen LogP contribution < -0.4 is 15.0 Å². The summed E-state index contributed by atoms with van der Waals surface area (Å²) in [6.45, 7) is 4.31. The number of carbonyl (C=O) groups excluding carboxylic acids is 2. The third-order valence-electron chi connectivity index (χ3n) is 4.47. The van der Waals surface area contributed by atoms with E-state index in [9.17, 15) is 9.59 Å². The lowest BCUT2D eigenvalue weighted by Crippen LogP contribution is -2.31. The van der Waals surface area contributed by atoms with E-state index in [-0.39, 0.29) is 17.5 Å². The molecule has 6 nitrogen and oxygen atoms in total. The molecule has 0 aliphatic carbocycles. The van der Waals surface area contributed by atoms with E-state index < -0.39 is 0 Å². The molecule has 0 saturated heterocycles. The zero-order valence-electron chi connectivity index (χ0n) is 16.7. The van der Waals surface area contributed by atoms with Crippen LogP contribution in [-0.4, -0.2) is 30.5 Å². The lowest BCUT2D eigenvalue weighted by Gasteiger charge is -2.20. The Morgan fingerprint density at radius 2 is 1.83 bits per heavy atom. The Kier molecular flexibility index (Phi) is 6.24. The first-order valence-corrected chi connectivity index (χ1v) is 9.32. The highest BCUT2D eigenvalue weighted by molar-refractivity contribution is 6.09. The molecule has 29 heavy (non-hydrogen) atoms. The van der Waals surface area contributed by atoms with Crippen molar-refractivity contribution in [2.45, 2.75) is 13.8 Å². The predicted molar refractivity (Wildman–Crippen MR) is 114 cm³/mol. The van der Waals surface area contributed by atoms with Crippen LogP contribution in [0.15, 0.2) is 66.9 Å². The second kappa shape index (κ2) is 9.01. The largest absolute Gasteiger partial charge is 0.495 e. The summed E-state index contributed by atoms with van der Waals surface area (Å²) in [5, 5.41) is 2.84. The average Bonchev–Trinajstić information content (AvgIpc) is 2.75. The van der Waals surface area contributed by atoms with Crippen molar-refractivity contribution in [3.05, 3.63) is 83.7 Å². The van der Waals surface area contributed by atoms with E-state index in [1.54, 1.807) is 24.1 Å². The van der Waals surface area contributed by atoms with Gasteiger partial charge in [-0.2, -0.15) is 0 Å². The highest BCUT2D eigenvalue weighted by Gasteiger charge is 2.19. The van der Waals surface area contributed by atoms with Crippen LogP contribution in [0.25, 0.3) is 0 Å². The van der Waals surface area contributed by atoms with Gasteiger partial charge >= 0.3 is 0 Å². The van der Waals surface area contributed by atoms with Gasteiger partial charge in [-0.1, -0.05) is 24.3 Å². The first kappa shape index (κ1) is 20.1. The summed E-state index contributed by atoms with van der Waals surface area (Å²) in [6.07, 6.45) is 1.47. The molecule has 6 heteroatoms. The van der Waals surface area contributed by atoms with Crippen molar-refractivity contribution in [1.82, 2.24) is 4.98 Å².